The van der Waals surface area contributed by atoms with Gasteiger partial charge in [0, 0.05) is 0 Å². The average Bonchev–Trinajstić information content (AvgIpc) is 3.45. The van der Waals surface area contributed by atoms with Gasteiger partial charge in [-0.3, -0.25) is 0 Å². The topological polar surface area (TPSA) is 62.7 Å². The molecule has 0 fully saturated rings. The molecular formula is C18H12N2O4S2Se. The molecule has 9 heteroatoms. The van der Waals surface area contributed by atoms with Crippen LogP contribution in [0.2, 0.25) is 0 Å². The van der Waals surface area contributed by atoms with E-state index in [4.69, 9.17) is 26.9 Å². The molecule has 0 unspecified atom stereocenters. The first-order valence-corrected chi connectivity index (χ1v) is 11.7. The van der Waals surface area contributed by atoms with Crippen molar-refractivity contribution in [3.8, 4) is 43.9 Å². The maximum absolute atomic E-state index is 5.87. The van der Waals surface area contributed by atoms with Gasteiger partial charge in [-0.1, -0.05) is 0 Å². The Hall–Kier alpha value is -2.06. The molecule has 0 saturated heterocycles. The van der Waals surface area contributed by atoms with Crippen molar-refractivity contribution in [3.05, 3.63) is 22.9 Å². The number of hydrogen-bond acceptors (Lipinski definition) is 8. The zero-order chi connectivity index (χ0) is 17.8. The number of nitrogens with zero attached hydrogens (tertiary/aromatic N) is 2. The molecule has 136 valence electrons. The predicted molar refractivity (Wildman–Crippen MR) is 105 cm³/mol. The predicted octanol–water partition coefficient (Wildman–Crippen LogP) is 3.69. The molecule has 5 heterocycles. The zero-order valence-corrected chi connectivity index (χ0v) is 17.2. The zero-order valence-electron chi connectivity index (χ0n) is 13.9. The fourth-order valence-electron chi connectivity index (χ4n) is 3.33. The van der Waals surface area contributed by atoms with Gasteiger partial charge in [0.15, 0.2) is 0 Å². The summed E-state index contributed by atoms with van der Waals surface area (Å²) in [5.41, 5.74) is 3.97. The van der Waals surface area contributed by atoms with Crippen LogP contribution in [0.25, 0.3) is 31.9 Å². The van der Waals surface area contributed by atoms with Crippen LogP contribution in [0.5, 0.6) is 23.0 Å². The van der Waals surface area contributed by atoms with Crippen molar-refractivity contribution < 1.29 is 18.9 Å². The number of ether oxygens (including phenoxy) is 4. The number of thiophene rings is 2. The quantitative estimate of drug-likeness (QED) is 0.423. The first-order chi connectivity index (χ1) is 13.4. The minimum atomic E-state index is -0.142. The van der Waals surface area contributed by atoms with E-state index in [1.807, 2.05) is 10.8 Å². The molecule has 6 rings (SSSR count). The molecule has 1 aromatic carbocycles. The SMILES string of the molecule is c1sc(-c2ccc(-c3scc4c3OCCO4)c3n[se]nc23)c2c1OCCO2. The molecule has 0 bridgehead atoms. The Bertz CT molecular complexity index is 1080. The second-order valence-corrected chi connectivity index (χ2v) is 8.90. The first-order valence-electron chi connectivity index (χ1n) is 8.40. The Balaban J connectivity index is 1.53. The van der Waals surface area contributed by atoms with Crippen molar-refractivity contribution >= 4 is 48.7 Å². The summed E-state index contributed by atoms with van der Waals surface area (Å²) in [5.74, 6) is 3.27. The molecule has 0 atom stereocenters. The second kappa shape index (κ2) is 6.24. The fourth-order valence-corrected chi connectivity index (χ4v) is 6.45. The van der Waals surface area contributed by atoms with E-state index in [2.05, 4.69) is 12.1 Å². The third-order valence-corrected chi connectivity index (χ3v) is 7.56. The molecule has 27 heavy (non-hydrogen) atoms. The van der Waals surface area contributed by atoms with Gasteiger partial charge in [0.2, 0.25) is 0 Å². The van der Waals surface area contributed by atoms with Crippen molar-refractivity contribution in [2.75, 3.05) is 26.4 Å². The fraction of sp³-hybridized carbons (Fsp3) is 0.222. The van der Waals surface area contributed by atoms with Crippen LogP contribution in [0.3, 0.4) is 0 Å². The standard InChI is InChI=1S/C18H12N2O4S2Se/c1-2-10(18-16-12(8-26-18)22-4-6-24-16)14-13(19-27-20-14)9(1)17-15-11(7-25-17)21-3-5-23-15/h1-2,7-8H,3-6H2. The third kappa shape index (κ3) is 2.42. The molecular weight excluding hydrogens is 451 g/mol. The van der Waals surface area contributed by atoms with Crippen LogP contribution < -0.4 is 18.9 Å². The van der Waals surface area contributed by atoms with Crippen molar-refractivity contribution in [2.45, 2.75) is 0 Å². The number of fused-ring (bicyclic) bond motifs is 3. The van der Waals surface area contributed by atoms with Gasteiger partial charge in [-0.05, 0) is 0 Å². The Morgan fingerprint density at radius 3 is 1.70 bits per heavy atom. The van der Waals surface area contributed by atoms with Gasteiger partial charge in [0.05, 0.1) is 0 Å². The van der Waals surface area contributed by atoms with Crippen LogP contribution >= 0.6 is 22.7 Å². The summed E-state index contributed by atoms with van der Waals surface area (Å²) in [6.07, 6.45) is 0. The average molecular weight is 463 g/mol. The van der Waals surface area contributed by atoms with Crippen molar-refractivity contribution in [2.24, 2.45) is 0 Å². The Kier molecular flexibility index (Phi) is 3.68. The van der Waals surface area contributed by atoms with E-state index < -0.39 is 0 Å². The van der Waals surface area contributed by atoms with E-state index in [1.54, 1.807) is 22.7 Å². The Morgan fingerprint density at radius 2 is 1.19 bits per heavy atom. The summed E-state index contributed by atoms with van der Waals surface area (Å²) in [6, 6.07) is 4.21. The van der Waals surface area contributed by atoms with Gasteiger partial charge in [-0.15, -0.1) is 0 Å². The molecule has 0 saturated carbocycles. The minimum absolute atomic E-state index is 0.142. The van der Waals surface area contributed by atoms with Gasteiger partial charge in [0.25, 0.3) is 0 Å². The molecule has 0 radical (unpaired) electrons. The summed E-state index contributed by atoms with van der Waals surface area (Å²) in [7, 11) is 0. The van der Waals surface area contributed by atoms with Crippen LogP contribution in [0.1, 0.15) is 0 Å². The number of rotatable bonds is 2. The summed E-state index contributed by atoms with van der Waals surface area (Å²) in [4.78, 5) is 2.11. The first kappa shape index (κ1) is 15.9. The normalized spacial score (nSPS) is 15.3. The van der Waals surface area contributed by atoms with Crippen molar-refractivity contribution in [1.29, 1.82) is 0 Å². The van der Waals surface area contributed by atoms with Gasteiger partial charge in [-0.25, -0.2) is 0 Å². The monoisotopic (exact) mass is 464 g/mol. The molecule has 6 nitrogen and oxygen atoms in total. The Labute approximate surface area is 168 Å². The second-order valence-electron chi connectivity index (χ2n) is 6.03. The Morgan fingerprint density at radius 1 is 0.704 bits per heavy atom. The van der Waals surface area contributed by atoms with Crippen molar-refractivity contribution in [1.82, 2.24) is 7.96 Å². The maximum atomic E-state index is 5.87. The summed E-state index contributed by atoms with van der Waals surface area (Å²) in [5, 5.41) is 4.00. The summed E-state index contributed by atoms with van der Waals surface area (Å²) < 4.78 is 32.6. The molecule has 3 aromatic heterocycles. The molecule has 0 N–H and O–H groups in total. The van der Waals surface area contributed by atoms with E-state index >= 15 is 0 Å². The van der Waals surface area contributed by atoms with Crippen LogP contribution in [0.15, 0.2) is 22.9 Å². The van der Waals surface area contributed by atoms with E-state index in [9.17, 15) is 0 Å². The molecule has 0 aliphatic carbocycles. The third-order valence-electron chi connectivity index (χ3n) is 4.51. The summed E-state index contributed by atoms with van der Waals surface area (Å²) >= 11 is 3.11. The van der Waals surface area contributed by atoms with Crippen LogP contribution in [0.4, 0.5) is 0 Å². The molecule has 2 aliphatic rings. The van der Waals surface area contributed by atoms with E-state index in [0.29, 0.717) is 26.4 Å². The van der Waals surface area contributed by atoms with E-state index in [0.717, 1.165) is 54.9 Å². The van der Waals surface area contributed by atoms with Gasteiger partial charge in [-0.2, -0.15) is 0 Å². The molecule has 2 aliphatic heterocycles. The van der Waals surface area contributed by atoms with Gasteiger partial charge >= 0.3 is 169 Å². The number of hydrogen-bond donors (Lipinski definition) is 0. The molecule has 0 amide bonds. The number of benzene rings is 1. The van der Waals surface area contributed by atoms with E-state index in [-0.39, 0.29) is 15.0 Å². The van der Waals surface area contributed by atoms with Gasteiger partial charge < -0.3 is 0 Å². The van der Waals surface area contributed by atoms with E-state index in [1.165, 1.54) is 0 Å². The molecule has 0 spiro atoms. The number of aromatic nitrogens is 2. The van der Waals surface area contributed by atoms with Crippen LogP contribution in [-0.2, 0) is 0 Å². The molecule has 4 aromatic rings. The van der Waals surface area contributed by atoms with Crippen LogP contribution in [0, 0.1) is 0 Å². The van der Waals surface area contributed by atoms with Gasteiger partial charge in [0.1, 0.15) is 0 Å². The van der Waals surface area contributed by atoms with Crippen LogP contribution in [-0.4, -0.2) is 49.3 Å². The summed E-state index contributed by atoms with van der Waals surface area (Å²) in [6.45, 7) is 2.32. The van der Waals surface area contributed by atoms with Crippen molar-refractivity contribution in [3.63, 3.8) is 0 Å².